The van der Waals surface area contributed by atoms with E-state index in [9.17, 15) is 0 Å². The van der Waals surface area contributed by atoms with Crippen LogP contribution in [0.4, 0.5) is 0 Å². The summed E-state index contributed by atoms with van der Waals surface area (Å²) < 4.78 is 0. The van der Waals surface area contributed by atoms with E-state index in [1.165, 1.54) is 0 Å². The molecule has 4 heteroatoms. The molecule has 1 atom stereocenters. The molecule has 15 heavy (non-hydrogen) atoms. The highest BCUT2D eigenvalue weighted by molar-refractivity contribution is 6.42. The van der Waals surface area contributed by atoms with Gasteiger partial charge in [-0.25, -0.2) is 0 Å². The van der Waals surface area contributed by atoms with Gasteiger partial charge in [0.2, 0.25) is 0 Å². The van der Waals surface area contributed by atoms with E-state index in [2.05, 4.69) is 0 Å². The first-order valence-corrected chi connectivity index (χ1v) is 5.47. The molecule has 0 heterocycles. The second kappa shape index (κ2) is 4.71. The van der Waals surface area contributed by atoms with Crippen LogP contribution in [0.25, 0.3) is 0 Å². The van der Waals surface area contributed by atoms with E-state index in [0.717, 1.165) is 5.56 Å². The van der Waals surface area contributed by atoms with Crippen molar-refractivity contribution >= 4 is 23.2 Å². The van der Waals surface area contributed by atoms with Gasteiger partial charge in [0.15, 0.2) is 0 Å². The quantitative estimate of drug-likeness (QED) is 0.863. The van der Waals surface area contributed by atoms with Crippen LogP contribution in [0.5, 0.6) is 0 Å². The second-order valence-corrected chi connectivity index (χ2v) is 4.90. The van der Waals surface area contributed by atoms with Crippen molar-refractivity contribution < 1.29 is 5.11 Å². The maximum Gasteiger partial charge on any atom is 0.0630 e. The predicted octanol–water partition coefficient (Wildman–Crippen LogP) is 2.59. The van der Waals surface area contributed by atoms with Crippen molar-refractivity contribution in [3.05, 3.63) is 33.8 Å². The molecule has 1 aromatic carbocycles. The number of aliphatic hydroxyl groups excluding tert-OH is 1. The van der Waals surface area contributed by atoms with E-state index >= 15 is 0 Å². The third-order valence-electron chi connectivity index (χ3n) is 2.77. The summed E-state index contributed by atoms with van der Waals surface area (Å²) in [5.74, 6) is 0. The highest BCUT2D eigenvalue weighted by Crippen LogP contribution is 2.35. The fourth-order valence-corrected chi connectivity index (χ4v) is 1.97. The van der Waals surface area contributed by atoms with Gasteiger partial charge in [-0.15, -0.1) is 0 Å². The third kappa shape index (κ3) is 2.45. The molecule has 84 valence electrons. The number of aliphatic hydroxyl groups is 1. The lowest BCUT2D eigenvalue weighted by Crippen LogP contribution is -2.43. The van der Waals surface area contributed by atoms with Gasteiger partial charge in [-0.05, 0) is 11.6 Å². The molecule has 0 saturated carbocycles. The molecule has 0 spiro atoms. The molecule has 0 bridgehead atoms. The molecule has 0 aliphatic rings. The van der Waals surface area contributed by atoms with Crippen LogP contribution < -0.4 is 5.73 Å². The van der Waals surface area contributed by atoms with Crippen LogP contribution in [0, 0.1) is 0 Å². The van der Waals surface area contributed by atoms with Crippen molar-refractivity contribution in [1.29, 1.82) is 0 Å². The van der Waals surface area contributed by atoms with Gasteiger partial charge < -0.3 is 10.8 Å². The summed E-state index contributed by atoms with van der Waals surface area (Å²) in [6.45, 7) is 3.78. The van der Waals surface area contributed by atoms with Crippen molar-refractivity contribution in [1.82, 2.24) is 0 Å². The van der Waals surface area contributed by atoms with Crippen LogP contribution >= 0.6 is 23.2 Å². The van der Waals surface area contributed by atoms with Gasteiger partial charge in [-0.2, -0.15) is 0 Å². The van der Waals surface area contributed by atoms with E-state index in [-0.39, 0.29) is 12.6 Å². The minimum atomic E-state index is -0.406. The molecule has 0 radical (unpaired) electrons. The van der Waals surface area contributed by atoms with Gasteiger partial charge >= 0.3 is 0 Å². The first-order chi connectivity index (χ1) is 6.91. The van der Waals surface area contributed by atoms with Crippen molar-refractivity contribution in [3.63, 3.8) is 0 Å². The Balaban J connectivity index is 3.20. The van der Waals surface area contributed by atoms with E-state index in [4.69, 9.17) is 34.0 Å². The highest BCUT2D eigenvalue weighted by atomic mass is 35.5. The average Bonchev–Trinajstić information content (AvgIpc) is 2.20. The molecule has 3 N–H and O–H groups in total. The fourth-order valence-electron chi connectivity index (χ4n) is 1.43. The second-order valence-electron chi connectivity index (χ2n) is 4.11. The monoisotopic (exact) mass is 247 g/mol. The predicted molar refractivity (Wildman–Crippen MR) is 64.5 cm³/mol. The first-order valence-electron chi connectivity index (χ1n) is 4.72. The highest BCUT2D eigenvalue weighted by Gasteiger charge is 2.30. The molecule has 1 aromatic rings. The van der Waals surface area contributed by atoms with Crippen LogP contribution in [0.2, 0.25) is 10.0 Å². The van der Waals surface area contributed by atoms with Crippen LogP contribution in [-0.4, -0.2) is 17.8 Å². The zero-order valence-corrected chi connectivity index (χ0v) is 10.3. The van der Waals surface area contributed by atoms with Crippen LogP contribution in [-0.2, 0) is 5.41 Å². The zero-order valence-electron chi connectivity index (χ0n) is 8.80. The molecule has 0 amide bonds. The first kappa shape index (κ1) is 12.8. The molecule has 1 rings (SSSR count). The average molecular weight is 248 g/mol. The molecule has 0 aliphatic heterocycles. The minimum absolute atomic E-state index is 0.0875. The topological polar surface area (TPSA) is 46.2 Å². The number of hydrogen-bond acceptors (Lipinski definition) is 2. The van der Waals surface area contributed by atoms with Crippen molar-refractivity contribution in [2.24, 2.45) is 5.73 Å². The maximum absolute atomic E-state index is 9.09. The Bertz CT molecular complexity index is 352. The van der Waals surface area contributed by atoms with Crippen LogP contribution in [0.15, 0.2) is 18.2 Å². The lowest BCUT2D eigenvalue weighted by atomic mass is 9.78. The lowest BCUT2D eigenvalue weighted by Gasteiger charge is -2.31. The molecule has 0 aliphatic carbocycles. The van der Waals surface area contributed by atoms with E-state index in [1.807, 2.05) is 26.0 Å². The molecule has 2 nitrogen and oxygen atoms in total. The third-order valence-corrected chi connectivity index (χ3v) is 3.59. The molecule has 0 fully saturated rings. The molecule has 0 saturated heterocycles. The Morgan fingerprint density at radius 3 is 2.53 bits per heavy atom. The number of benzene rings is 1. The Labute approximate surface area is 100.0 Å². The summed E-state index contributed by atoms with van der Waals surface area (Å²) in [5, 5.41) is 10.1. The maximum atomic E-state index is 9.09. The van der Waals surface area contributed by atoms with E-state index < -0.39 is 5.41 Å². The number of hydrogen-bond donors (Lipinski definition) is 2. The van der Waals surface area contributed by atoms with E-state index in [1.54, 1.807) is 6.07 Å². The summed E-state index contributed by atoms with van der Waals surface area (Å²) in [7, 11) is 0. The van der Waals surface area contributed by atoms with Gasteiger partial charge in [0, 0.05) is 11.5 Å². The minimum Gasteiger partial charge on any atom is -0.395 e. The van der Waals surface area contributed by atoms with Gasteiger partial charge in [0.25, 0.3) is 0 Å². The number of rotatable bonds is 3. The molecular weight excluding hydrogens is 233 g/mol. The summed E-state index contributed by atoms with van der Waals surface area (Å²) in [6, 6.07) is 5.07. The normalized spacial score (nSPS) is 14.0. The number of halogens is 2. The van der Waals surface area contributed by atoms with Crippen LogP contribution in [0.1, 0.15) is 19.4 Å². The fraction of sp³-hybridized carbons (Fsp3) is 0.455. The SMILES string of the molecule is CC(C)(c1cccc(Cl)c1Cl)C(N)CO. The van der Waals surface area contributed by atoms with Gasteiger partial charge in [-0.3, -0.25) is 0 Å². The van der Waals surface area contributed by atoms with E-state index in [0.29, 0.717) is 10.0 Å². The Morgan fingerprint density at radius 2 is 2.00 bits per heavy atom. The zero-order chi connectivity index (χ0) is 11.6. The molecular formula is C11H15Cl2NO. The summed E-state index contributed by atoms with van der Waals surface area (Å²) in [6.07, 6.45) is 0. The van der Waals surface area contributed by atoms with Gasteiger partial charge in [0.1, 0.15) is 0 Å². The molecule has 0 aromatic heterocycles. The van der Waals surface area contributed by atoms with Crippen LogP contribution in [0.3, 0.4) is 0 Å². The lowest BCUT2D eigenvalue weighted by molar-refractivity contribution is 0.220. The van der Waals surface area contributed by atoms with Crippen molar-refractivity contribution in [2.75, 3.05) is 6.61 Å². The largest absolute Gasteiger partial charge is 0.395 e. The standard InChI is InChI=1S/C11H15Cl2NO/c1-11(2,9(14)6-15)7-4-3-5-8(12)10(7)13/h3-5,9,15H,6,14H2,1-2H3. The summed E-state index contributed by atoms with van der Waals surface area (Å²) in [5.41, 5.74) is 6.30. The Morgan fingerprint density at radius 1 is 1.40 bits per heavy atom. The van der Waals surface area contributed by atoms with Crippen molar-refractivity contribution in [3.8, 4) is 0 Å². The van der Waals surface area contributed by atoms with Gasteiger partial charge in [-0.1, -0.05) is 49.2 Å². The smallest absolute Gasteiger partial charge is 0.0630 e. The number of nitrogens with two attached hydrogens (primary N) is 1. The van der Waals surface area contributed by atoms with Gasteiger partial charge in [0.05, 0.1) is 16.7 Å². The van der Waals surface area contributed by atoms with Crippen molar-refractivity contribution in [2.45, 2.75) is 25.3 Å². The molecule has 1 unspecified atom stereocenters. The summed E-state index contributed by atoms with van der Waals surface area (Å²) in [4.78, 5) is 0. The Hall–Kier alpha value is -0.280. The summed E-state index contributed by atoms with van der Waals surface area (Å²) >= 11 is 12.0. The Kier molecular flexibility index (Phi) is 4.01.